The van der Waals surface area contributed by atoms with Gasteiger partial charge in [-0.25, -0.2) is 0 Å². The Kier molecular flexibility index (Phi) is 7.51. The number of nitrogens with one attached hydrogen (secondary N) is 2. The molecule has 0 amide bonds. The maximum Gasteiger partial charge on any atom is 0.170 e. The maximum atomic E-state index is 5.40. The van der Waals surface area contributed by atoms with Gasteiger partial charge in [-0.15, -0.1) is 0 Å². The van der Waals surface area contributed by atoms with Crippen LogP contribution >= 0.6 is 12.2 Å². The first-order chi connectivity index (χ1) is 13.7. The number of anilines is 2. The summed E-state index contributed by atoms with van der Waals surface area (Å²) in [5, 5.41) is 7.28. The minimum atomic E-state index is 0.693. The van der Waals surface area contributed by atoms with Crippen molar-refractivity contribution in [1.29, 1.82) is 0 Å². The molecule has 0 aromatic heterocycles. The third-order valence-electron chi connectivity index (χ3n) is 5.14. The second-order valence-electron chi connectivity index (χ2n) is 7.08. The Labute approximate surface area is 173 Å². The average molecular weight is 399 g/mol. The van der Waals surface area contributed by atoms with Gasteiger partial charge in [-0.05, 0) is 68.0 Å². The minimum Gasteiger partial charge on any atom is -0.497 e. The summed E-state index contributed by atoms with van der Waals surface area (Å²) < 4.78 is 5.24. The highest BCUT2D eigenvalue weighted by Gasteiger charge is 2.16. The van der Waals surface area contributed by atoms with Crippen molar-refractivity contribution in [1.82, 2.24) is 10.2 Å². The van der Waals surface area contributed by atoms with Crippen LogP contribution in [0.5, 0.6) is 5.75 Å². The number of methoxy groups -OCH3 is 1. The molecule has 2 N–H and O–H groups in total. The van der Waals surface area contributed by atoms with Crippen molar-refractivity contribution < 1.29 is 4.74 Å². The summed E-state index contributed by atoms with van der Waals surface area (Å²) >= 11 is 5.40. The van der Waals surface area contributed by atoms with Crippen LogP contribution in [-0.2, 0) is 0 Å². The number of benzene rings is 2. The first kappa shape index (κ1) is 20.4. The zero-order chi connectivity index (χ0) is 19.8. The van der Waals surface area contributed by atoms with Gasteiger partial charge in [-0.2, -0.15) is 0 Å². The molecule has 0 bridgehead atoms. The van der Waals surface area contributed by atoms with E-state index in [2.05, 4.69) is 45.6 Å². The van der Waals surface area contributed by atoms with Crippen LogP contribution in [0, 0.1) is 6.92 Å². The quantitative estimate of drug-likeness (QED) is 0.549. The Morgan fingerprint density at radius 3 is 2.43 bits per heavy atom. The molecule has 0 atom stereocenters. The Balaban J connectivity index is 1.32. The molecule has 0 aliphatic carbocycles. The molecule has 2 aromatic rings. The van der Waals surface area contributed by atoms with Crippen LogP contribution in [-0.4, -0.2) is 56.4 Å². The van der Waals surface area contributed by atoms with Gasteiger partial charge in [0.25, 0.3) is 0 Å². The van der Waals surface area contributed by atoms with Crippen LogP contribution in [0.3, 0.4) is 0 Å². The zero-order valence-electron chi connectivity index (χ0n) is 16.8. The minimum absolute atomic E-state index is 0.693. The van der Waals surface area contributed by atoms with E-state index in [1.54, 1.807) is 7.11 Å². The number of hydrogen-bond donors (Lipinski definition) is 2. The number of ether oxygens (including phenoxy) is 1. The summed E-state index contributed by atoms with van der Waals surface area (Å²) in [5.74, 6) is 0.907. The Morgan fingerprint density at radius 2 is 1.75 bits per heavy atom. The number of nitrogens with zero attached hydrogens (tertiary/aromatic N) is 2. The first-order valence-electron chi connectivity index (χ1n) is 9.87. The molecule has 3 rings (SSSR count). The fourth-order valence-electron chi connectivity index (χ4n) is 3.41. The number of rotatable bonds is 7. The van der Waals surface area contributed by atoms with Gasteiger partial charge in [0.1, 0.15) is 5.75 Å². The molecule has 1 heterocycles. The van der Waals surface area contributed by atoms with Gasteiger partial charge in [-0.1, -0.05) is 18.2 Å². The van der Waals surface area contributed by atoms with E-state index in [1.165, 1.54) is 11.3 Å². The summed E-state index contributed by atoms with van der Waals surface area (Å²) in [7, 11) is 1.70. The Hall–Kier alpha value is -2.31. The molecule has 1 aliphatic rings. The lowest BCUT2D eigenvalue weighted by Gasteiger charge is -2.36. The zero-order valence-corrected chi connectivity index (χ0v) is 17.6. The second kappa shape index (κ2) is 10.3. The molecule has 2 aromatic carbocycles. The summed E-state index contributed by atoms with van der Waals surface area (Å²) in [6.45, 7) is 8.37. The molecule has 150 valence electrons. The van der Waals surface area contributed by atoms with Gasteiger partial charge in [0.15, 0.2) is 5.11 Å². The highest BCUT2D eigenvalue weighted by atomic mass is 32.1. The molecule has 0 unspecified atom stereocenters. The number of thiocarbonyl (C=S) groups is 1. The Bertz CT molecular complexity index is 757. The van der Waals surface area contributed by atoms with Crippen LogP contribution in [0.25, 0.3) is 0 Å². The fourth-order valence-corrected chi connectivity index (χ4v) is 3.62. The molecule has 0 saturated carbocycles. The maximum absolute atomic E-state index is 5.40. The molecule has 0 radical (unpaired) electrons. The lowest BCUT2D eigenvalue weighted by molar-refractivity contribution is 0.255. The summed E-state index contributed by atoms with van der Waals surface area (Å²) in [5.41, 5.74) is 3.53. The molecular formula is C22H30N4OS. The highest BCUT2D eigenvalue weighted by molar-refractivity contribution is 7.80. The van der Waals surface area contributed by atoms with E-state index in [4.69, 9.17) is 17.0 Å². The molecule has 28 heavy (non-hydrogen) atoms. The fraction of sp³-hybridized carbons (Fsp3) is 0.409. The molecule has 6 heteroatoms. The van der Waals surface area contributed by atoms with E-state index in [-0.39, 0.29) is 0 Å². The van der Waals surface area contributed by atoms with Crippen molar-refractivity contribution >= 4 is 28.7 Å². The molecule has 1 aliphatic heterocycles. The van der Waals surface area contributed by atoms with E-state index >= 15 is 0 Å². The number of para-hydroxylation sites is 1. The van der Waals surface area contributed by atoms with E-state index in [0.717, 1.165) is 57.1 Å². The predicted molar refractivity (Wildman–Crippen MR) is 122 cm³/mol. The van der Waals surface area contributed by atoms with Crippen molar-refractivity contribution in [2.75, 3.05) is 56.6 Å². The number of piperazine rings is 1. The number of hydrogen-bond acceptors (Lipinski definition) is 4. The topological polar surface area (TPSA) is 39.8 Å². The van der Waals surface area contributed by atoms with Crippen molar-refractivity contribution in [3.8, 4) is 5.75 Å². The highest BCUT2D eigenvalue weighted by Crippen LogP contribution is 2.20. The van der Waals surface area contributed by atoms with E-state index in [1.807, 2.05) is 30.3 Å². The van der Waals surface area contributed by atoms with Gasteiger partial charge in [-0.3, -0.25) is 4.90 Å². The van der Waals surface area contributed by atoms with Crippen molar-refractivity contribution in [3.63, 3.8) is 0 Å². The molecule has 1 saturated heterocycles. The smallest absolute Gasteiger partial charge is 0.170 e. The van der Waals surface area contributed by atoms with Gasteiger partial charge in [0.2, 0.25) is 0 Å². The van der Waals surface area contributed by atoms with Gasteiger partial charge < -0.3 is 20.3 Å². The largest absolute Gasteiger partial charge is 0.497 e. The first-order valence-corrected chi connectivity index (χ1v) is 10.3. The summed E-state index contributed by atoms with van der Waals surface area (Å²) in [6.07, 6.45) is 1.08. The van der Waals surface area contributed by atoms with Crippen LogP contribution in [0.15, 0.2) is 48.5 Å². The van der Waals surface area contributed by atoms with Crippen molar-refractivity contribution in [3.05, 3.63) is 54.1 Å². The standard InChI is InChI=1S/C22H30N4OS/c1-18-6-3-4-7-21(18)24-22(28)23-12-5-13-25-14-16-26(17-15-25)19-8-10-20(27-2)11-9-19/h3-4,6-11H,5,12-17H2,1-2H3,(H2,23,24,28). The monoisotopic (exact) mass is 398 g/mol. The SMILES string of the molecule is COc1ccc(N2CCN(CCCNC(=S)Nc3ccccc3C)CC2)cc1. The van der Waals surface area contributed by atoms with Crippen LogP contribution in [0.2, 0.25) is 0 Å². The predicted octanol–water partition coefficient (Wildman–Crippen LogP) is 3.50. The third kappa shape index (κ3) is 5.84. The average Bonchev–Trinajstić information content (AvgIpc) is 2.73. The van der Waals surface area contributed by atoms with Crippen LogP contribution in [0.1, 0.15) is 12.0 Å². The van der Waals surface area contributed by atoms with Gasteiger partial charge in [0, 0.05) is 44.1 Å². The van der Waals surface area contributed by atoms with Crippen LogP contribution in [0.4, 0.5) is 11.4 Å². The summed E-state index contributed by atoms with van der Waals surface area (Å²) in [4.78, 5) is 4.97. The molecule has 5 nitrogen and oxygen atoms in total. The van der Waals surface area contributed by atoms with E-state index in [0.29, 0.717) is 5.11 Å². The van der Waals surface area contributed by atoms with E-state index < -0.39 is 0 Å². The Morgan fingerprint density at radius 1 is 1.04 bits per heavy atom. The number of aryl methyl sites for hydroxylation is 1. The van der Waals surface area contributed by atoms with E-state index in [9.17, 15) is 0 Å². The molecule has 1 fully saturated rings. The third-order valence-corrected chi connectivity index (χ3v) is 5.39. The van der Waals surface area contributed by atoms with Crippen molar-refractivity contribution in [2.24, 2.45) is 0 Å². The van der Waals surface area contributed by atoms with Crippen LogP contribution < -0.4 is 20.3 Å². The molecule has 0 spiro atoms. The molecular weight excluding hydrogens is 368 g/mol. The van der Waals surface area contributed by atoms with Gasteiger partial charge >= 0.3 is 0 Å². The normalized spacial score (nSPS) is 14.6. The lowest BCUT2D eigenvalue weighted by atomic mass is 10.2. The lowest BCUT2D eigenvalue weighted by Crippen LogP contribution is -2.47. The van der Waals surface area contributed by atoms with Crippen molar-refractivity contribution in [2.45, 2.75) is 13.3 Å². The second-order valence-corrected chi connectivity index (χ2v) is 7.48. The summed E-state index contributed by atoms with van der Waals surface area (Å²) in [6, 6.07) is 16.5. The van der Waals surface area contributed by atoms with Gasteiger partial charge in [0.05, 0.1) is 7.11 Å².